The Morgan fingerprint density at radius 1 is 1.10 bits per heavy atom. The van der Waals surface area contributed by atoms with Gasteiger partial charge < -0.3 is 16.2 Å². The molecule has 2 rings (SSSR count). The fourth-order valence-electron chi connectivity index (χ4n) is 1.74. The topological polar surface area (TPSA) is 92.4 Å². The van der Waals surface area contributed by atoms with Crippen LogP contribution in [0.25, 0.3) is 0 Å². The van der Waals surface area contributed by atoms with Crippen LogP contribution in [0.15, 0.2) is 42.5 Å². The molecule has 0 atom stereocenters. The van der Waals surface area contributed by atoms with E-state index in [-0.39, 0.29) is 11.3 Å². The molecule has 0 fully saturated rings. The average Bonchev–Trinajstić information content (AvgIpc) is 2.49. The summed E-state index contributed by atoms with van der Waals surface area (Å²) in [6.07, 6.45) is 0. The number of nitrogens with one attached hydrogen (secondary N) is 1. The second-order valence-corrected chi connectivity index (χ2v) is 4.35. The van der Waals surface area contributed by atoms with E-state index < -0.39 is 17.7 Å². The van der Waals surface area contributed by atoms with Gasteiger partial charge in [0.2, 0.25) is 0 Å². The van der Waals surface area contributed by atoms with Gasteiger partial charge in [0.25, 0.3) is 5.91 Å². The van der Waals surface area contributed by atoms with Crippen molar-refractivity contribution in [3.05, 3.63) is 65.0 Å². The Labute approximate surface area is 120 Å². The fraction of sp³-hybridized carbons (Fsp3) is 0.0667. The van der Waals surface area contributed by atoms with Crippen molar-refractivity contribution in [1.29, 1.82) is 0 Å². The van der Waals surface area contributed by atoms with Gasteiger partial charge in [-0.2, -0.15) is 0 Å². The van der Waals surface area contributed by atoms with Gasteiger partial charge in [0.05, 0.1) is 11.3 Å². The maximum Gasteiger partial charge on any atom is 0.335 e. The minimum atomic E-state index is -1.23. The van der Waals surface area contributed by atoms with Gasteiger partial charge in [0, 0.05) is 12.1 Å². The first-order valence-electron chi connectivity index (χ1n) is 6.14. The number of aromatic carboxylic acids is 1. The molecule has 108 valence electrons. The van der Waals surface area contributed by atoms with Crippen molar-refractivity contribution in [1.82, 2.24) is 0 Å². The molecule has 0 aliphatic carbocycles. The maximum atomic E-state index is 13.7. The van der Waals surface area contributed by atoms with E-state index >= 15 is 0 Å². The zero-order chi connectivity index (χ0) is 15.4. The third kappa shape index (κ3) is 3.43. The van der Waals surface area contributed by atoms with Crippen LogP contribution in [0.4, 0.5) is 10.1 Å². The van der Waals surface area contributed by atoms with Gasteiger partial charge in [0.1, 0.15) is 5.82 Å². The number of anilines is 1. The highest BCUT2D eigenvalue weighted by atomic mass is 19.1. The molecule has 0 aliphatic rings. The van der Waals surface area contributed by atoms with Crippen molar-refractivity contribution < 1.29 is 19.1 Å². The van der Waals surface area contributed by atoms with Crippen molar-refractivity contribution in [3.8, 4) is 0 Å². The van der Waals surface area contributed by atoms with Crippen molar-refractivity contribution >= 4 is 17.6 Å². The zero-order valence-corrected chi connectivity index (χ0v) is 11.0. The molecule has 1 amide bonds. The molecule has 2 aromatic carbocycles. The number of carboxylic acid groups (broad SMARTS) is 1. The summed E-state index contributed by atoms with van der Waals surface area (Å²) in [5.74, 6) is -2.52. The Balaban J connectivity index is 2.17. The highest BCUT2D eigenvalue weighted by Gasteiger charge is 2.12. The molecule has 5 nitrogen and oxygen atoms in total. The van der Waals surface area contributed by atoms with Crippen LogP contribution in [0.3, 0.4) is 0 Å². The lowest BCUT2D eigenvalue weighted by atomic mass is 10.1. The van der Waals surface area contributed by atoms with Crippen LogP contribution in [0.2, 0.25) is 0 Å². The molecule has 0 aromatic heterocycles. The second-order valence-electron chi connectivity index (χ2n) is 4.35. The summed E-state index contributed by atoms with van der Waals surface area (Å²) < 4.78 is 13.7. The lowest BCUT2D eigenvalue weighted by molar-refractivity contribution is 0.0696. The number of carbonyl (C=O) groups is 2. The molecule has 0 radical (unpaired) electrons. The van der Waals surface area contributed by atoms with Gasteiger partial charge >= 0.3 is 5.97 Å². The van der Waals surface area contributed by atoms with Crippen molar-refractivity contribution in [2.75, 3.05) is 5.32 Å². The smallest absolute Gasteiger partial charge is 0.335 e. The average molecular weight is 288 g/mol. The molecule has 6 heteroatoms. The van der Waals surface area contributed by atoms with Crippen LogP contribution >= 0.6 is 0 Å². The van der Waals surface area contributed by atoms with Crippen molar-refractivity contribution in [2.45, 2.75) is 6.54 Å². The molecule has 0 heterocycles. The lowest BCUT2D eigenvalue weighted by Gasteiger charge is -2.07. The molecule has 0 aliphatic heterocycles. The van der Waals surface area contributed by atoms with Crippen LogP contribution in [0.1, 0.15) is 26.3 Å². The third-order valence-electron chi connectivity index (χ3n) is 2.92. The molecule has 21 heavy (non-hydrogen) atoms. The fourth-order valence-corrected chi connectivity index (χ4v) is 1.74. The van der Waals surface area contributed by atoms with Gasteiger partial charge in [-0.1, -0.05) is 12.1 Å². The number of hydrogen-bond donors (Lipinski definition) is 3. The first-order chi connectivity index (χ1) is 10.0. The number of carboxylic acids is 1. The van der Waals surface area contributed by atoms with E-state index in [0.717, 1.165) is 11.6 Å². The summed E-state index contributed by atoms with van der Waals surface area (Å²) >= 11 is 0. The molecule has 4 N–H and O–H groups in total. The van der Waals surface area contributed by atoms with E-state index in [0.29, 0.717) is 12.1 Å². The Morgan fingerprint density at radius 2 is 1.71 bits per heavy atom. The third-order valence-corrected chi connectivity index (χ3v) is 2.92. The van der Waals surface area contributed by atoms with E-state index in [9.17, 15) is 14.0 Å². The van der Waals surface area contributed by atoms with E-state index in [2.05, 4.69) is 5.32 Å². The van der Waals surface area contributed by atoms with Gasteiger partial charge in [-0.25, -0.2) is 9.18 Å². The summed E-state index contributed by atoms with van der Waals surface area (Å²) in [6, 6.07) is 9.87. The van der Waals surface area contributed by atoms with Crippen molar-refractivity contribution in [3.63, 3.8) is 0 Å². The Kier molecular flexibility index (Phi) is 4.30. The summed E-state index contributed by atoms with van der Waals surface area (Å²) in [6.45, 7) is 0.368. The van der Waals surface area contributed by atoms with Crippen LogP contribution in [0, 0.1) is 5.82 Å². The molecule has 0 saturated heterocycles. The number of nitrogens with two attached hydrogens (primary N) is 1. The molecular weight excluding hydrogens is 275 g/mol. The zero-order valence-electron chi connectivity index (χ0n) is 11.0. The van der Waals surface area contributed by atoms with Gasteiger partial charge in [0.15, 0.2) is 0 Å². The lowest BCUT2D eigenvalue weighted by Crippen LogP contribution is -2.13. The molecule has 0 saturated carbocycles. The Hall–Kier alpha value is -2.73. The monoisotopic (exact) mass is 288 g/mol. The first-order valence-corrected chi connectivity index (χ1v) is 6.14. The minimum absolute atomic E-state index is 0.0760. The summed E-state index contributed by atoms with van der Waals surface area (Å²) in [5, 5.41) is 11.1. The molecule has 0 spiro atoms. The first kappa shape index (κ1) is 14.7. The number of hydrogen-bond acceptors (Lipinski definition) is 3. The number of benzene rings is 2. The van der Waals surface area contributed by atoms with Crippen LogP contribution in [0.5, 0.6) is 0 Å². The van der Waals surface area contributed by atoms with E-state index in [4.69, 9.17) is 10.8 Å². The standard InChI is InChI=1S/C15H13FN2O3/c16-12-7-11(15(20)21)5-6-13(12)18-14(19)10-3-1-9(8-17)2-4-10/h1-7H,8,17H2,(H,18,19)(H,20,21). The van der Waals surface area contributed by atoms with E-state index in [1.807, 2.05) is 0 Å². The highest BCUT2D eigenvalue weighted by molar-refractivity contribution is 6.04. The Bertz CT molecular complexity index is 684. The summed E-state index contributed by atoms with van der Waals surface area (Å²) in [5.41, 5.74) is 6.44. The number of halogens is 1. The molecule has 2 aromatic rings. The van der Waals surface area contributed by atoms with E-state index in [1.165, 1.54) is 12.1 Å². The molecular formula is C15H13FN2O3. The van der Waals surface area contributed by atoms with Gasteiger partial charge in [-0.15, -0.1) is 0 Å². The molecule has 0 unspecified atom stereocenters. The van der Waals surface area contributed by atoms with Gasteiger partial charge in [-0.3, -0.25) is 4.79 Å². The molecule has 0 bridgehead atoms. The van der Waals surface area contributed by atoms with Crippen LogP contribution in [-0.2, 0) is 6.54 Å². The van der Waals surface area contributed by atoms with Gasteiger partial charge in [-0.05, 0) is 35.9 Å². The number of carbonyl (C=O) groups excluding carboxylic acids is 1. The quantitative estimate of drug-likeness (QED) is 0.804. The summed E-state index contributed by atoms with van der Waals surface area (Å²) in [4.78, 5) is 22.7. The predicted molar refractivity (Wildman–Crippen MR) is 75.6 cm³/mol. The number of rotatable bonds is 4. The minimum Gasteiger partial charge on any atom is -0.478 e. The van der Waals surface area contributed by atoms with Crippen LogP contribution in [-0.4, -0.2) is 17.0 Å². The largest absolute Gasteiger partial charge is 0.478 e. The normalized spacial score (nSPS) is 10.2. The van der Waals surface area contributed by atoms with Crippen molar-refractivity contribution in [2.24, 2.45) is 5.73 Å². The number of amides is 1. The van der Waals surface area contributed by atoms with Crippen LogP contribution < -0.4 is 11.1 Å². The SMILES string of the molecule is NCc1ccc(C(=O)Nc2ccc(C(=O)O)cc2F)cc1. The predicted octanol–water partition coefficient (Wildman–Crippen LogP) is 2.23. The summed E-state index contributed by atoms with van der Waals surface area (Å²) in [7, 11) is 0. The Morgan fingerprint density at radius 3 is 2.24 bits per heavy atom. The maximum absolute atomic E-state index is 13.7. The highest BCUT2D eigenvalue weighted by Crippen LogP contribution is 2.17. The van der Waals surface area contributed by atoms with E-state index in [1.54, 1.807) is 24.3 Å². The second kappa shape index (κ2) is 6.15.